The molecule has 0 unspecified atom stereocenters. The molecule has 25 heavy (non-hydrogen) atoms. The quantitative estimate of drug-likeness (QED) is 0.508. The third-order valence-electron chi connectivity index (χ3n) is 3.87. The molecule has 0 amide bonds. The highest BCUT2D eigenvalue weighted by atomic mass is 32.2. The summed E-state index contributed by atoms with van der Waals surface area (Å²) in [6, 6.07) is 24.5. The maximum absolute atomic E-state index is 5.68. The predicted molar refractivity (Wildman–Crippen MR) is 101 cm³/mol. The fourth-order valence-electron chi connectivity index (χ4n) is 2.64. The van der Waals surface area contributed by atoms with Gasteiger partial charge in [0.05, 0.1) is 0 Å². The van der Waals surface area contributed by atoms with E-state index in [-0.39, 0.29) is 0 Å². The lowest BCUT2D eigenvalue weighted by atomic mass is 10.1. The number of aromatic amines is 1. The Bertz CT molecular complexity index is 964. The number of aromatic nitrogens is 3. The molecule has 0 fully saturated rings. The van der Waals surface area contributed by atoms with Gasteiger partial charge in [0, 0.05) is 5.75 Å². The molecule has 0 saturated heterocycles. The number of para-hydroxylation sites is 1. The first-order chi connectivity index (χ1) is 12.4. The van der Waals surface area contributed by atoms with Gasteiger partial charge < -0.3 is 4.74 Å². The number of thioether (sulfide) groups is 1. The van der Waals surface area contributed by atoms with E-state index in [9.17, 15) is 0 Å². The second kappa shape index (κ2) is 7.40. The van der Waals surface area contributed by atoms with Crippen molar-refractivity contribution in [3.63, 3.8) is 0 Å². The summed E-state index contributed by atoms with van der Waals surface area (Å²) in [5.41, 5.74) is 1.29. The minimum absolute atomic E-state index is 0.381. The lowest BCUT2D eigenvalue weighted by molar-refractivity contribution is 0.296. The van der Waals surface area contributed by atoms with Crippen molar-refractivity contribution < 1.29 is 4.74 Å². The SMILES string of the molecule is c1ccc(OCc2nc(SCc3cccc4ccccc34)n[nH]2)cc1. The van der Waals surface area contributed by atoms with Crippen molar-refractivity contribution in [1.82, 2.24) is 15.2 Å². The molecule has 5 heteroatoms. The normalized spacial score (nSPS) is 10.9. The standard InChI is InChI=1S/C20H17N3OS/c1-2-10-17(11-3-1)24-13-19-21-20(23-22-19)25-14-16-9-6-8-15-7-4-5-12-18(15)16/h1-12H,13-14H2,(H,21,22,23). The molecule has 0 atom stereocenters. The minimum Gasteiger partial charge on any atom is -0.486 e. The second-order valence-electron chi connectivity index (χ2n) is 5.59. The van der Waals surface area contributed by atoms with Crippen LogP contribution in [0.2, 0.25) is 0 Å². The molecule has 124 valence electrons. The molecule has 3 aromatic carbocycles. The van der Waals surface area contributed by atoms with Crippen LogP contribution < -0.4 is 4.74 Å². The van der Waals surface area contributed by atoms with E-state index in [1.165, 1.54) is 16.3 Å². The molecule has 4 nitrogen and oxygen atoms in total. The average molecular weight is 347 g/mol. The van der Waals surface area contributed by atoms with Crippen molar-refractivity contribution in [3.05, 3.63) is 84.2 Å². The summed E-state index contributed by atoms with van der Waals surface area (Å²) >= 11 is 1.62. The van der Waals surface area contributed by atoms with Gasteiger partial charge in [0.2, 0.25) is 5.16 Å². The third-order valence-corrected chi connectivity index (χ3v) is 4.76. The molecule has 1 N–H and O–H groups in total. The summed E-state index contributed by atoms with van der Waals surface area (Å²) in [7, 11) is 0. The number of hydrogen-bond acceptors (Lipinski definition) is 4. The first kappa shape index (κ1) is 15.7. The number of H-pyrrole nitrogens is 1. The summed E-state index contributed by atoms with van der Waals surface area (Å²) in [5, 5.41) is 10.5. The Kier molecular flexibility index (Phi) is 4.65. The van der Waals surface area contributed by atoms with Gasteiger partial charge in [-0.1, -0.05) is 72.4 Å². The summed E-state index contributed by atoms with van der Waals surface area (Å²) in [5.74, 6) is 2.38. The minimum atomic E-state index is 0.381. The molecule has 4 aromatic rings. The van der Waals surface area contributed by atoms with Crippen molar-refractivity contribution in [3.8, 4) is 5.75 Å². The van der Waals surface area contributed by atoms with Crippen LogP contribution in [0.5, 0.6) is 5.75 Å². The monoisotopic (exact) mass is 347 g/mol. The van der Waals surface area contributed by atoms with Crippen LogP contribution in [0.3, 0.4) is 0 Å². The van der Waals surface area contributed by atoms with E-state index in [1.807, 2.05) is 30.3 Å². The number of nitrogens with zero attached hydrogens (tertiary/aromatic N) is 2. The summed E-state index contributed by atoms with van der Waals surface area (Å²) in [6.45, 7) is 0.381. The van der Waals surface area contributed by atoms with Gasteiger partial charge in [-0.25, -0.2) is 4.98 Å². The fraction of sp³-hybridized carbons (Fsp3) is 0.100. The van der Waals surface area contributed by atoms with Crippen LogP contribution in [0.15, 0.2) is 78.0 Å². The number of nitrogens with one attached hydrogen (secondary N) is 1. The molecular weight excluding hydrogens is 330 g/mol. The summed E-state index contributed by atoms with van der Waals surface area (Å²) in [6.07, 6.45) is 0. The predicted octanol–water partition coefficient (Wildman–Crippen LogP) is 4.83. The number of ether oxygens (including phenoxy) is 1. The summed E-state index contributed by atoms with van der Waals surface area (Å²) < 4.78 is 5.68. The molecule has 1 aromatic heterocycles. The van der Waals surface area contributed by atoms with E-state index >= 15 is 0 Å². The van der Waals surface area contributed by atoms with E-state index in [0.29, 0.717) is 6.61 Å². The highest BCUT2D eigenvalue weighted by molar-refractivity contribution is 7.98. The number of hydrogen-bond donors (Lipinski definition) is 1. The largest absolute Gasteiger partial charge is 0.486 e. The van der Waals surface area contributed by atoms with Crippen LogP contribution in [0.25, 0.3) is 10.8 Å². The van der Waals surface area contributed by atoms with Crippen LogP contribution in [0.1, 0.15) is 11.4 Å². The topological polar surface area (TPSA) is 50.8 Å². The van der Waals surface area contributed by atoms with Gasteiger partial charge in [0.25, 0.3) is 0 Å². The maximum atomic E-state index is 5.68. The highest BCUT2D eigenvalue weighted by Gasteiger charge is 2.07. The Hall–Kier alpha value is -2.79. The Morgan fingerprint density at radius 1 is 0.880 bits per heavy atom. The number of benzene rings is 3. The van der Waals surface area contributed by atoms with Crippen molar-refractivity contribution in [2.24, 2.45) is 0 Å². The van der Waals surface area contributed by atoms with Gasteiger partial charge in [0.1, 0.15) is 12.4 Å². The fourth-order valence-corrected chi connectivity index (χ4v) is 3.46. The van der Waals surface area contributed by atoms with Gasteiger partial charge >= 0.3 is 0 Å². The zero-order valence-electron chi connectivity index (χ0n) is 13.6. The second-order valence-corrected chi connectivity index (χ2v) is 6.54. The average Bonchev–Trinajstić information content (AvgIpc) is 3.13. The van der Waals surface area contributed by atoms with E-state index < -0.39 is 0 Å². The van der Waals surface area contributed by atoms with E-state index in [4.69, 9.17) is 4.74 Å². The van der Waals surface area contributed by atoms with Gasteiger partial charge in [-0.3, -0.25) is 5.10 Å². The summed E-state index contributed by atoms with van der Waals surface area (Å²) in [4.78, 5) is 4.49. The van der Waals surface area contributed by atoms with E-state index in [0.717, 1.165) is 22.5 Å². The van der Waals surface area contributed by atoms with Gasteiger partial charge in [-0.15, -0.1) is 5.10 Å². The Morgan fingerprint density at radius 3 is 2.60 bits per heavy atom. The van der Waals surface area contributed by atoms with Crippen molar-refractivity contribution in [2.75, 3.05) is 0 Å². The maximum Gasteiger partial charge on any atom is 0.208 e. The zero-order chi connectivity index (χ0) is 16.9. The molecule has 0 aliphatic carbocycles. The molecule has 0 saturated carbocycles. The van der Waals surface area contributed by atoms with Crippen LogP contribution in [-0.2, 0) is 12.4 Å². The van der Waals surface area contributed by atoms with Crippen molar-refractivity contribution >= 4 is 22.5 Å². The smallest absolute Gasteiger partial charge is 0.208 e. The molecule has 0 spiro atoms. The van der Waals surface area contributed by atoms with Crippen LogP contribution in [-0.4, -0.2) is 15.2 Å². The first-order valence-corrected chi connectivity index (χ1v) is 9.05. The van der Waals surface area contributed by atoms with Gasteiger partial charge in [-0.05, 0) is 28.5 Å². The Morgan fingerprint density at radius 2 is 1.68 bits per heavy atom. The van der Waals surface area contributed by atoms with E-state index in [2.05, 4.69) is 57.6 Å². The molecule has 4 rings (SSSR count). The lowest BCUT2D eigenvalue weighted by Crippen LogP contribution is -1.97. The zero-order valence-corrected chi connectivity index (χ0v) is 14.4. The molecule has 1 heterocycles. The Balaban J connectivity index is 1.39. The Labute approximate surface area is 150 Å². The van der Waals surface area contributed by atoms with Gasteiger partial charge in [0.15, 0.2) is 5.82 Å². The molecule has 0 radical (unpaired) electrons. The molecule has 0 aliphatic heterocycles. The van der Waals surface area contributed by atoms with Crippen molar-refractivity contribution in [2.45, 2.75) is 17.5 Å². The third kappa shape index (κ3) is 3.83. The molecule has 0 aliphatic rings. The highest BCUT2D eigenvalue weighted by Crippen LogP contribution is 2.25. The van der Waals surface area contributed by atoms with Gasteiger partial charge in [-0.2, -0.15) is 0 Å². The van der Waals surface area contributed by atoms with Crippen LogP contribution >= 0.6 is 11.8 Å². The van der Waals surface area contributed by atoms with E-state index in [1.54, 1.807) is 11.8 Å². The molecule has 0 bridgehead atoms. The van der Waals surface area contributed by atoms with Crippen LogP contribution in [0, 0.1) is 0 Å². The van der Waals surface area contributed by atoms with Crippen molar-refractivity contribution in [1.29, 1.82) is 0 Å². The lowest BCUT2D eigenvalue weighted by Gasteiger charge is -2.04. The van der Waals surface area contributed by atoms with Crippen LogP contribution in [0.4, 0.5) is 0 Å². The molecular formula is C20H17N3OS. The number of rotatable bonds is 6. The number of fused-ring (bicyclic) bond motifs is 1. The first-order valence-electron chi connectivity index (χ1n) is 8.07.